The van der Waals surface area contributed by atoms with Crippen molar-refractivity contribution in [3.63, 3.8) is 0 Å². The van der Waals surface area contributed by atoms with Gasteiger partial charge in [-0.3, -0.25) is 4.79 Å². The Balaban J connectivity index is 2.83. The van der Waals surface area contributed by atoms with Crippen LogP contribution < -0.4 is 15.2 Å². The van der Waals surface area contributed by atoms with Crippen molar-refractivity contribution < 1.29 is 14.3 Å². The summed E-state index contributed by atoms with van der Waals surface area (Å²) in [5.74, 6) is 0.671. The molecular weight excluding hydrogens is 206 g/mol. The number of benzene rings is 1. The van der Waals surface area contributed by atoms with Gasteiger partial charge in [0.05, 0.1) is 7.11 Å². The second-order valence-electron chi connectivity index (χ2n) is 3.47. The first-order valence-electron chi connectivity index (χ1n) is 5.22. The van der Waals surface area contributed by atoms with E-state index < -0.39 is 0 Å². The van der Waals surface area contributed by atoms with E-state index in [1.54, 1.807) is 13.2 Å². The maximum Gasteiger partial charge on any atom is 0.308 e. The lowest BCUT2D eigenvalue weighted by molar-refractivity contribution is -0.132. The second-order valence-corrected chi connectivity index (χ2v) is 3.47. The summed E-state index contributed by atoms with van der Waals surface area (Å²) in [5.41, 5.74) is 6.57. The zero-order valence-electron chi connectivity index (χ0n) is 9.66. The van der Waals surface area contributed by atoms with Crippen LogP contribution in [0.1, 0.15) is 18.9 Å². The number of ether oxygens (including phenoxy) is 2. The maximum atomic E-state index is 10.8. The number of nitrogens with two attached hydrogens (primary N) is 1. The predicted octanol–water partition coefficient (Wildman–Crippen LogP) is 1.51. The van der Waals surface area contributed by atoms with Crippen molar-refractivity contribution in [1.29, 1.82) is 0 Å². The molecule has 4 heteroatoms. The summed E-state index contributed by atoms with van der Waals surface area (Å²) < 4.78 is 10.2. The average molecular weight is 223 g/mol. The molecule has 4 nitrogen and oxygen atoms in total. The third kappa shape index (κ3) is 3.55. The average Bonchev–Trinajstić information content (AvgIpc) is 2.27. The molecule has 0 unspecified atom stereocenters. The molecule has 0 aromatic heterocycles. The highest BCUT2D eigenvalue weighted by atomic mass is 16.6. The lowest BCUT2D eigenvalue weighted by Gasteiger charge is -2.09. The highest BCUT2D eigenvalue weighted by Crippen LogP contribution is 2.28. The molecule has 1 rings (SSSR count). The fraction of sp³-hybridized carbons (Fsp3) is 0.417. The van der Waals surface area contributed by atoms with E-state index in [0.717, 1.165) is 18.4 Å². The highest BCUT2D eigenvalue weighted by Gasteiger charge is 2.07. The molecular formula is C12H17NO3. The van der Waals surface area contributed by atoms with Crippen LogP contribution in [0.4, 0.5) is 0 Å². The Morgan fingerprint density at radius 1 is 1.38 bits per heavy atom. The summed E-state index contributed by atoms with van der Waals surface area (Å²) in [6.45, 7) is 2.02. The van der Waals surface area contributed by atoms with E-state index in [1.807, 2.05) is 12.1 Å². The lowest BCUT2D eigenvalue weighted by atomic mass is 10.1. The predicted molar refractivity (Wildman–Crippen MR) is 61.7 cm³/mol. The summed E-state index contributed by atoms with van der Waals surface area (Å²) in [4.78, 5) is 10.8. The van der Waals surface area contributed by atoms with Gasteiger partial charge in [0.2, 0.25) is 0 Å². The standard InChI is InChI=1S/C12H17NO3/c1-9(14)16-11-6-5-10(4-3-7-13)8-12(11)15-2/h5-6,8H,3-4,7,13H2,1-2H3. The summed E-state index contributed by atoms with van der Waals surface area (Å²) in [5, 5.41) is 0. The number of hydrogen-bond donors (Lipinski definition) is 1. The van der Waals surface area contributed by atoms with Crippen LogP contribution in [0.25, 0.3) is 0 Å². The fourth-order valence-electron chi connectivity index (χ4n) is 1.41. The maximum absolute atomic E-state index is 10.8. The van der Waals surface area contributed by atoms with Gasteiger partial charge in [-0.05, 0) is 37.1 Å². The molecule has 0 saturated heterocycles. The van der Waals surface area contributed by atoms with Crippen LogP contribution in [0.3, 0.4) is 0 Å². The first-order chi connectivity index (χ1) is 7.67. The Hall–Kier alpha value is -1.55. The summed E-state index contributed by atoms with van der Waals surface area (Å²) in [6.07, 6.45) is 1.82. The number of methoxy groups -OCH3 is 1. The van der Waals surface area contributed by atoms with Crippen LogP contribution >= 0.6 is 0 Å². The minimum absolute atomic E-state index is 0.354. The third-order valence-electron chi connectivity index (χ3n) is 2.15. The van der Waals surface area contributed by atoms with Gasteiger partial charge in [0.1, 0.15) is 0 Å². The Labute approximate surface area is 95.3 Å². The van der Waals surface area contributed by atoms with Crippen molar-refractivity contribution >= 4 is 5.97 Å². The molecule has 0 saturated carbocycles. The number of esters is 1. The van der Waals surface area contributed by atoms with Crippen LogP contribution in [-0.4, -0.2) is 19.6 Å². The number of carbonyl (C=O) groups is 1. The molecule has 88 valence electrons. The molecule has 0 fully saturated rings. The van der Waals surface area contributed by atoms with E-state index in [4.69, 9.17) is 15.2 Å². The largest absolute Gasteiger partial charge is 0.493 e. The van der Waals surface area contributed by atoms with Crippen molar-refractivity contribution in [2.45, 2.75) is 19.8 Å². The number of hydrogen-bond acceptors (Lipinski definition) is 4. The van der Waals surface area contributed by atoms with E-state index in [1.165, 1.54) is 6.92 Å². The number of aryl methyl sites for hydroxylation is 1. The molecule has 2 N–H and O–H groups in total. The van der Waals surface area contributed by atoms with E-state index in [2.05, 4.69) is 0 Å². The zero-order chi connectivity index (χ0) is 12.0. The minimum Gasteiger partial charge on any atom is -0.493 e. The molecule has 1 aromatic carbocycles. The minimum atomic E-state index is -0.354. The molecule has 0 heterocycles. The molecule has 0 amide bonds. The van der Waals surface area contributed by atoms with E-state index in [-0.39, 0.29) is 5.97 Å². The Morgan fingerprint density at radius 3 is 2.69 bits per heavy atom. The van der Waals surface area contributed by atoms with Crippen LogP contribution in [-0.2, 0) is 11.2 Å². The lowest BCUT2D eigenvalue weighted by Crippen LogP contribution is -2.04. The van der Waals surface area contributed by atoms with Crippen LogP contribution in [0, 0.1) is 0 Å². The van der Waals surface area contributed by atoms with E-state index in [9.17, 15) is 4.79 Å². The number of rotatable bonds is 5. The molecule has 16 heavy (non-hydrogen) atoms. The fourth-order valence-corrected chi connectivity index (χ4v) is 1.41. The van der Waals surface area contributed by atoms with Gasteiger partial charge in [0, 0.05) is 6.92 Å². The van der Waals surface area contributed by atoms with Crippen LogP contribution in [0.2, 0.25) is 0 Å². The molecule has 0 bridgehead atoms. The smallest absolute Gasteiger partial charge is 0.308 e. The molecule has 0 atom stereocenters. The van der Waals surface area contributed by atoms with Crippen molar-refractivity contribution in [3.8, 4) is 11.5 Å². The van der Waals surface area contributed by atoms with Crippen LogP contribution in [0.15, 0.2) is 18.2 Å². The SMILES string of the molecule is COc1cc(CCCN)ccc1OC(C)=O. The summed E-state index contributed by atoms with van der Waals surface area (Å²) in [6, 6.07) is 5.52. The normalized spacial score (nSPS) is 9.94. The molecule has 0 spiro atoms. The Bertz CT molecular complexity index is 363. The van der Waals surface area contributed by atoms with E-state index >= 15 is 0 Å². The van der Waals surface area contributed by atoms with Gasteiger partial charge >= 0.3 is 5.97 Å². The second kappa shape index (κ2) is 6.12. The first kappa shape index (κ1) is 12.5. The van der Waals surface area contributed by atoms with Gasteiger partial charge in [-0.1, -0.05) is 6.07 Å². The van der Waals surface area contributed by atoms with Crippen molar-refractivity contribution in [3.05, 3.63) is 23.8 Å². The Morgan fingerprint density at radius 2 is 2.12 bits per heavy atom. The quantitative estimate of drug-likeness (QED) is 0.607. The molecule has 0 radical (unpaired) electrons. The highest BCUT2D eigenvalue weighted by molar-refractivity contribution is 5.70. The van der Waals surface area contributed by atoms with Crippen LogP contribution in [0.5, 0.6) is 11.5 Å². The van der Waals surface area contributed by atoms with E-state index in [0.29, 0.717) is 18.0 Å². The van der Waals surface area contributed by atoms with Gasteiger partial charge in [0.25, 0.3) is 0 Å². The molecule has 1 aromatic rings. The number of carbonyl (C=O) groups excluding carboxylic acids is 1. The topological polar surface area (TPSA) is 61.6 Å². The van der Waals surface area contributed by atoms with Gasteiger partial charge < -0.3 is 15.2 Å². The third-order valence-corrected chi connectivity index (χ3v) is 2.15. The molecule has 0 aliphatic heterocycles. The van der Waals surface area contributed by atoms with Gasteiger partial charge in [0.15, 0.2) is 11.5 Å². The summed E-state index contributed by atoms with van der Waals surface area (Å²) >= 11 is 0. The van der Waals surface area contributed by atoms with Crippen molar-refractivity contribution in [2.24, 2.45) is 5.73 Å². The van der Waals surface area contributed by atoms with Crippen molar-refractivity contribution in [2.75, 3.05) is 13.7 Å². The van der Waals surface area contributed by atoms with Crippen molar-refractivity contribution in [1.82, 2.24) is 0 Å². The monoisotopic (exact) mass is 223 g/mol. The van der Waals surface area contributed by atoms with Gasteiger partial charge in [-0.15, -0.1) is 0 Å². The summed E-state index contributed by atoms with van der Waals surface area (Å²) in [7, 11) is 1.55. The molecule has 0 aliphatic rings. The van der Waals surface area contributed by atoms with Gasteiger partial charge in [-0.2, -0.15) is 0 Å². The Kier molecular flexibility index (Phi) is 4.79. The van der Waals surface area contributed by atoms with Gasteiger partial charge in [-0.25, -0.2) is 0 Å². The zero-order valence-corrected chi connectivity index (χ0v) is 9.66. The molecule has 0 aliphatic carbocycles. The first-order valence-corrected chi connectivity index (χ1v) is 5.22.